The van der Waals surface area contributed by atoms with Gasteiger partial charge in [-0.15, -0.1) is 0 Å². The zero-order valence-electron chi connectivity index (χ0n) is 12.8. The summed E-state index contributed by atoms with van der Waals surface area (Å²) in [5.74, 6) is 0.713. The van der Waals surface area contributed by atoms with E-state index in [-0.39, 0.29) is 5.92 Å². The molecule has 1 aliphatic carbocycles. The van der Waals surface area contributed by atoms with Crippen LogP contribution < -0.4 is 5.73 Å². The number of anilines is 1. The monoisotopic (exact) mass is 300 g/mol. The molecule has 4 heteroatoms. The van der Waals surface area contributed by atoms with Crippen molar-refractivity contribution in [3.05, 3.63) is 72.4 Å². The lowest BCUT2D eigenvalue weighted by Gasteiger charge is -2.12. The minimum atomic E-state index is 0.214. The number of hydrogen-bond acceptors (Lipinski definition) is 4. The number of nitrogens with two attached hydrogens (primary N) is 1. The SMILES string of the molecule is CC1=CC(c2ncccc2-c2ccc3ncnc(N)c3c2)C=C1. The summed E-state index contributed by atoms with van der Waals surface area (Å²) in [5.41, 5.74) is 11.3. The van der Waals surface area contributed by atoms with E-state index >= 15 is 0 Å². The van der Waals surface area contributed by atoms with E-state index in [9.17, 15) is 0 Å². The number of nitrogen functional groups attached to an aromatic ring is 1. The average molecular weight is 300 g/mol. The third-order valence-corrected chi connectivity index (χ3v) is 4.14. The zero-order valence-corrected chi connectivity index (χ0v) is 12.8. The largest absolute Gasteiger partial charge is 0.383 e. The van der Waals surface area contributed by atoms with Crippen molar-refractivity contribution in [2.75, 3.05) is 5.73 Å². The molecule has 0 saturated carbocycles. The van der Waals surface area contributed by atoms with Gasteiger partial charge in [0.15, 0.2) is 0 Å². The first-order valence-corrected chi connectivity index (χ1v) is 7.54. The molecule has 1 atom stereocenters. The Bertz CT molecular complexity index is 956. The Morgan fingerprint density at radius 2 is 2.00 bits per heavy atom. The molecule has 0 fully saturated rings. The summed E-state index contributed by atoms with van der Waals surface area (Å²) in [6.07, 6.45) is 9.87. The number of nitrogens with zero attached hydrogens (tertiary/aromatic N) is 3. The van der Waals surface area contributed by atoms with E-state index < -0.39 is 0 Å². The molecule has 4 nitrogen and oxygen atoms in total. The first-order valence-electron chi connectivity index (χ1n) is 7.54. The molecule has 3 aromatic rings. The van der Waals surface area contributed by atoms with Crippen molar-refractivity contribution in [2.24, 2.45) is 0 Å². The molecule has 0 radical (unpaired) electrons. The van der Waals surface area contributed by atoms with Gasteiger partial charge in [0.1, 0.15) is 12.1 Å². The van der Waals surface area contributed by atoms with Crippen molar-refractivity contribution in [1.82, 2.24) is 15.0 Å². The molecule has 0 spiro atoms. The number of pyridine rings is 1. The molecule has 2 aromatic heterocycles. The molecule has 0 saturated heterocycles. The van der Waals surface area contributed by atoms with Gasteiger partial charge >= 0.3 is 0 Å². The van der Waals surface area contributed by atoms with E-state index in [2.05, 4.69) is 52.2 Å². The van der Waals surface area contributed by atoms with Crippen molar-refractivity contribution in [1.29, 1.82) is 0 Å². The van der Waals surface area contributed by atoms with Crippen LogP contribution in [0.2, 0.25) is 0 Å². The van der Waals surface area contributed by atoms with Gasteiger partial charge in [-0.3, -0.25) is 4.98 Å². The van der Waals surface area contributed by atoms with Gasteiger partial charge in [-0.05, 0) is 30.7 Å². The van der Waals surface area contributed by atoms with Gasteiger partial charge in [0.2, 0.25) is 0 Å². The second kappa shape index (κ2) is 5.32. The fraction of sp³-hybridized carbons (Fsp3) is 0.105. The van der Waals surface area contributed by atoms with Crippen LogP contribution in [0.15, 0.2) is 66.7 Å². The number of hydrogen-bond donors (Lipinski definition) is 1. The highest BCUT2D eigenvalue weighted by Crippen LogP contribution is 2.34. The van der Waals surface area contributed by atoms with E-state index in [1.807, 2.05) is 24.4 Å². The standard InChI is InChI=1S/C19H16N4/c1-12-4-5-14(9-12)18-15(3-2-8-21-18)13-6-7-17-16(10-13)19(20)23-11-22-17/h2-11,14H,1H3,(H2,20,22,23). The highest BCUT2D eigenvalue weighted by Gasteiger charge is 2.16. The summed E-state index contributed by atoms with van der Waals surface area (Å²) < 4.78 is 0. The lowest BCUT2D eigenvalue weighted by atomic mass is 9.95. The average Bonchev–Trinajstić information content (AvgIpc) is 3.01. The first kappa shape index (κ1) is 13.6. The Morgan fingerprint density at radius 1 is 1.09 bits per heavy atom. The highest BCUT2D eigenvalue weighted by atomic mass is 14.9. The maximum absolute atomic E-state index is 5.99. The third-order valence-electron chi connectivity index (χ3n) is 4.14. The molecule has 2 N–H and O–H groups in total. The van der Waals surface area contributed by atoms with Crippen molar-refractivity contribution < 1.29 is 0 Å². The number of aromatic nitrogens is 3. The first-order chi connectivity index (χ1) is 11.2. The second-order valence-corrected chi connectivity index (χ2v) is 5.72. The van der Waals surface area contributed by atoms with E-state index in [1.165, 1.54) is 11.9 Å². The summed E-state index contributed by atoms with van der Waals surface area (Å²) in [5, 5.41) is 0.869. The van der Waals surface area contributed by atoms with E-state index in [4.69, 9.17) is 5.73 Å². The molecule has 1 aliphatic rings. The maximum atomic E-state index is 5.99. The lowest BCUT2D eigenvalue weighted by Crippen LogP contribution is -1.98. The maximum Gasteiger partial charge on any atom is 0.134 e. The summed E-state index contributed by atoms with van der Waals surface area (Å²) in [7, 11) is 0. The van der Waals surface area contributed by atoms with Crippen LogP contribution in [0.3, 0.4) is 0 Å². The molecule has 0 bridgehead atoms. The van der Waals surface area contributed by atoms with Gasteiger partial charge < -0.3 is 5.73 Å². The van der Waals surface area contributed by atoms with Crippen LogP contribution >= 0.6 is 0 Å². The quantitative estimate of drug-likeness (QED) is 0.780. The lowest BCUT2D eigenvalue weighted by molar-refractivity contribution is 1.01. The van der Waals surface area contributed by atoms with Crippen LogP contribution in [0.1, 0.15) is 18.5 Å². The molecular weight excluding hydrogens is 284 g/mol. The van der Waals surface area contributed by atoms with Crippen LogP contribution in [0.25, 0.3) is 22.0 Å². The van der Waals surface area contributed by atoms with Gasteiger partial charge in [0.05, 0.1) is 11.2 Å². The summed E-state index contributed by atoms with van der Waals surface area (Å²) in [4.78, 5) is 13.0. The summed E-state index contributed by atoms with van der Waals surface area (Å²) in [6.45, 7) is 2.10. The molecule has 112 valence electrons. The number of fused-ring (bicyclic) bond motifs is 1. The predicted molar refractivity (Wildman–Crippen MR) is 92.8 cm³/mol. The van der Waals surface area contributed by atoms with Gasteiger partial charge in [-0.1, -0.05) is 35.9 Å². The van der Waals surface area contributed by atoms with Crippen molar-refractivity contribution in [2.45, 2.75) is 12.8 Å². The van der Waals surface area contributed by atoms with Crippen molar-refractivity contribution in [3.63, 3.8) is 0 Å². The Hall–Kier alpha value is -3.01. The van der Waals surface area contributed by atoms with Crippen LogP contribution in [-0.2, 0) is 0 Å². The Labute approximate surface area is 134 Å². The van der Waals surface area contributed by atoms with E-state index in [0.29, 0.717) is 5.82 Å². The van der Waals surface area contributed by atoms with Crippen LogP contribution in [-0.4, -0.2) is 15.0 Å². The fourth-order valence-corrected chi connectivity index (χ4v) is 2.99. The number of rotatable bonds is 2. The predicted octanol–water partition coefficient (Wildman–Crippen LogP) is 3.87. The molecule has 0 aliphatic heterocycles. The number of benzene rings is 1. The smallest absolute Gasteiger partial charge is 0.134 e. The van der Waals surface area contributed by atoms with Gasteiger partial charge in [0, 0.05) is 23.1 Å². The molecule has 0 amide bonds. The minimum absolute atomic E-state index is 0.214. The highest BCUT2D eigenvalue weighted by molar-refractivity contribution is 5.91. The van der Waals surface area contributed by atoms with E-state index in [0.717, 1.165) is 27.7 Å². The summed E-state index contributed by atoms with van der Waals surface area (Å²) in [6, 6.07) is 10.1. The number of allylic oxidation sites excluding steroid dienone is 4. The summed E-state index contributed by atoms with van der Waals surface area (Å²) >= 11 is 0. The van der Waals surface area contributed by atoms with Crippen LogP contribution in [0, 0.1) is 0 Å². The fourth-order valence-electron chi connectivity index (χ4n) is 2.99. The Morgan fingerprint density at radius 3 is 2.83 bits per heavy atom. The molecule has 4 rings (SSSR count). The Balaban J connectivity index is 1.88. The topological polar surface area (TPSA) is 64.7 Å². The minimum Gasteiger partial charge on any atom is -0.383 e. The molecule has 2 heterocycles. The third kappa shape index (κ3) is 2.38. The normalized spacial score (nSPS) is 16.7. The van der Waals surface area contributed by atoms with Crippen molar-refractivity contribution in [3.8, 4) is 11.1 Å². The molecule has 23 heavy (non-hydrogen) atoms. The van der Waals surface area contributed by atoms with Gasteiger partial charge in [0.25, 0.3) is 0 Å². The molecule has 1 aromatic carbocycles. The van der Waals surface area contributed by atoms with Crippen LogP contribution in [0.4, 0.5) is 5.82 Å². The van der Waals surface area contributed by atoms with E-state index in [1.54, 1.807) is 0 Å². The van der Waals surface area contributed by atoms with Crippen molar-refractivity contribution >= 4 is 16.7 Å². The van der Waals surface area contributed by atoms with Gasteiger partial charge in [-0.2, -0.15) is 0 Å². The second-order valence-electron chi connectivity index (χ2n) is 5.72. The van der Waals surface area contributed by atoms with Crippen LogP contribution in [0.5, 0.6) is 0 Å². The molecular formula is C19H16N4. The zero-order chi connectivity index (χ0) is 15.8. The van der Waals surface area contributed by atoms with Gasteiger partial charge in [-0.25, -0.2) is 9.97 Å². The molecule has 1 unspecified atom stereocenters. The Kier molecular flexibility index (Phi) is 3.15.